The molecular formula is C15H24N2O. The first-order chi connectivity index (χ1) is 8.72. The Morgan fingerprint density at radius 3 is 3.06 bits per heavy atom. The van der Waals surface area contributed by atoms with Gasteiger partial charge in [-0.15, -0.1) is 0 Å². The average Bonchev–Trinajstić information content (AvgIpc) is 2.79. The number of hydrogen-bond acceptors (Lipinski definition) is 2. The molecule has 0 aromatic carbocycles. The summed E-state index contributed by atoms with van der Waals surface area (Å²) in [5.41, 5.74) is 1.00. The average molecular weight is 248 g/mol. The van der Waals surface area contributed by atoms with Gasteiger partial charge < -0.3 is 9.88 Å². The van der Waals surface area contributed by atoms with Crippen LogP contribution in [-0.4, -0.2) is 17.2 Å². The number of pyridine rings is 1. The fraction of sp³-hybridized carbons (Fsp3) is 0.667. The van der Waals surface area contributed by atoms with Crippen molar-refractivity contribution in [3.8, 4) is 0 Å². The van der Waals surface area contributed by atoms with Crippen molar-refractivity contribution in [2.45, 2.75) is 52.1 Å². The predicted octanol–water partition coefficient (Wildman–Crippen LogP) is 2.33. The molecule has 0 bridgehead atoms. The van der Waals surface area contributed by atoms with Crippen molar-refractivity contribution in [1.82, 2.24) is 9.88 Å². The van der Waals surface area contributed by atoms with Crippen LogP contribution in [0.2, 0.25) is 0 Å². The molecule has 1 aliphatic rings. The number of hydrogen-bond donors (Lipinski definition) is 1. The fourth-order valence-electron chi connectivity index (χ4n) is 3.05. The number of rotatable bonds is 5. The van der Waals surface area contributed by atoms with Crippen molar-refractivity contribution in [3.63, 3.8) is 0 Å². The van der Waals surface area contributed by atoms with Crippen LogP contribution in [0.1, 0.15) is 38.2 Å². The summed E-state index contributed by atoms with van der Waals surface area (Å²) in [7, 11) is 0. The highest BCUT2D eigenvalue weighted by Crippen LogP contribution is 2.28. The van der Waals surface area contributed by atoms with Crippen LogP contribution >= 0.6 is 0 Å². The Morgan fingerprint density at radius 1 is 1.44 bits per heavy atom. The summed E-state index contributed by atoms with van der Waals surface area (Å²) in [6, 6.07) is 4.51. The van der Waals surface area contributed by atoms with Gasteiger partial charge in [-0.1, -0.05) is 19.4 Å². The first-order valence-electron chi connectivity index (χ1n) is 7.11. The molecule has 2 rings (SSSR count). The van der Waals surface area contributed by atoms with Gasteiger partial charge in [-0.2, -0.15) is 0 Å². The van der Waals surface area contributed by atoms with Crippen molar-refractivity contribution >= 4 is 0 Å². The maximum atomic E-state index is 11.9. The van der Waals surface area contributed by atoms with Gasteiger partial charge in [0.2, 0.25) is 0 Å². The highest BCUT2D eigenvalue weighted by atomic mass is 16.1. The molecule has 2 unspecified atom stereocenters. The normalized spacial score (nSPS) is 23.4. The molecule has 1 fully saturated rings. The maximum absolute atomic E-state index is 11.9. The highest BCUT2D eigenvalue weighted by Gasteiger charge is 2.25. The lowest BCUT2D eigenvalue weighted by molar-refractivity contribution is 0.364. The van der Waals surface area contributed by atoms with Crippen LogP contribution in [0.5, 0.6) is 0 Å². The quantitative estimate of drug-likeness (QED) is 0.867. The molecule has 0 spiro atoms. The van der Waals surface area contributed by atoms with Gasteiger partial charge in [0.05, 0.1) is 0 Å². The number of aryl methyl sites for hydroxylation is 2. The molecule has 0 aliphatic heterocycles. The fourth-order valence-corrected chi connectivity index (χ4v) is 3.05. The Kier molecular flexibility index (Phi) is 4.59. The Balaban J connectivity index is 1.95. The zero-order valence-corrected chi connectivity index (χ0v) is 11.5. The van der Waals surface area contributed by atoms with Gasteiger partial charge in [-0.05, 0) is 44.7 Å². The zero-order chi connectivity index (χ0) is 13.0. The molecule has 3 heteroatoms. The molecule has 0 saturated heterocycles. The van der Waals surface area contributed by atoms with Gasteiger partial charge in [0.1, 0.15) is 0 Å². The molecule has 0 radical (unpaired) electrons. The van der Waals surface area contributed by atoms with E-state index < -0.39 is 0 Å². The van der Waals surface area contributed by atoms with Gasteiger partial charge in [0.25, 0.3) is 5.56 Å². The third kappa shape index (κ3) is 3.02. The molecule has 18 heavy (non-hydrogen) atoms. The van der Waals surface area contributed by atoms with Crippen molar-refractivity contribution in [2.24, 2.45) is 5.92 Å². The van der Waals surface area contributed by atoms with Crippen molar-refractivity contribution in [3.05, 3.63) is 34.2 Å². The molecule has 1 heterocycles. The van der Waals surface area contributed by atoms with E-state index in [4.69, 9.17) is 0 Å². The van der Waals surface area contributed by atoms with Gasteiger partial charge in [0, 0.05) is 24.3 Å². The van der Waals surface area contributed by atoms with E-state index >= 15 is 0 Å². The molecule has 1 aliphatic carbocycles. The van der Waals surface area contributed by atoms with Crippen molar-refractivity contribution < 1.29 is 0 Å². The van der Waals surface area contributed by atoms with Crippen LogP contribution in [-0.2, 0) is 6.54 Å². The van der Waals surface area contributed by atoms with Crippen molar-refractivity contribution in [2.75, 3.05) is 6.54 Å². The summed E-state index contributed by atoms with van der Waals surface area (Å²) >= 11 is 0. The number of aromatic nitrogens is 1. The topological polar surface area (TPSA) is 34.0 Å². The van der Waals surface area contributed by atoms with Crippen LogP contribution in [0.25, 0.3) is 0 Å². The smallest absolute Gasteiger partial charge is 0.253 e. The summed E-state index contributed by atoms with van der Waals surface area (Å²) in [4.78, 5) is 11.9. The van der Waals surface area contributed by atoms with Gasteiger partial charge in [0.15, 0.2) is 0 Å². The lowest BCUT2D eigenvalue weighted by Gasteiger charge is -2.20. The van der Waals surface area contributed by atoms with E-state index in [1.54, 1.807) is 0 Å². The molecule has 2 atom stereocenters. The second-order valence-corrected chi connectivity index (χ2v) is 5.33. The molecule has 1 N–H and O–H groups in total. The second kappa shape index (κ2) is 6.19. The molecule has 0 amide bonds. The first-order valence-corrected chi connectivity index (χ1v) is 7.11. The Bertz CT molecular complexity index is 438. The third-order valence-corrected chi connectivity index (χ3v) is 4.08. The molecule has 1 saturated carbocycles. The standard InChI is InChI=1S/C15H24N2O/c1-3-16-14-8-4-7-13(14)9-11-17-10-5-6-12(2)15(17)18/h5-6,10,13-14,16H,3-4,7-9,11H2,1-2H3. The Hall–Kier alpha value is -1.09. The number of nitrogens with zero attached hydrogens (tertiary/aromatic N) is 1. The predicted molar refractivity (Wildman–Crippen MR) is 74.9 cm³/mol. The lowest BCUT2D eigenvalue weighted by Crippen LogP contribution is -2.33. The summed E-state index contributed by atoms with van der Waals surface area (Å²) in [6.07, 6.45) is 6.94. The van der Waals surface area contributed by atoms with Crippen LogP contribution in [0, 0.1) is 12.8 Å². The van der Waals surface area contributed by atoms with E-state index in [9.17, 15) is 4.79 Å². The van der Waals surface area contributed by atoms with Crippen LogP contribution in [0.15, 0.2) is 23.1 Å². The lowest BCUT2D eigenvalue weighted by atomic mass is 9.99. The second-order valence-electron chi connectivity index (χ2n) is 5.33. The highest BCUT2D eigenvalue weighted by molar-refractivity contribution is 5.07. The molecule has 1 aromatic rings. The summed E-state index contributed by atoms with van der Waals surface area (Å²) in [6.45, 7) is 5.95. The van der Waals surface area contributed by atoms with Gasteiger partial charge >= 0.3 is 0 Å². The monoisotopic (exact) mass is 248 g/mol. The maximum Gasteiger partial charge on any atom is 0.253 e. The largest absolute Gasteiger partial charge is 0.315 e. The zero-order valence-electron chi connectivity index (χ0n) is 11.5. The first kappa shape index (κ1) is 13.3. The summed E-state index contributed by atoms with van der Waals surface area (Å²) < 4.78 is 1.86. The molecule has 3 nitrogen and oxygen atoms in total. The van der Waals surface area contributed by atoms with Gasteiger partial charge in [-0.25, -0.2) is 0 Å². The minimum Gasteiger partial charge on any atom is -0.315 e. The van der Waals surface area contributed by atoms with Crippen LogP contribution in [0.4, 0.5) is 0 Å². The Labute approximate surface area is 109 Å². The SMILES string of the molecule is CCNC1CCCC1CCn1cccc(C)c1=O. The molecule has 1 aromatic heterocycles. The van der Waals surface area contributed by atoms with Crippen LogP contribution < -0.4 is 10.9 Å². The Morgan fingerprint density at radius 2 is 2.28 bits per heavy atom. The van der Waals surface area contributed by atoms with E-state index in [0.717, 1.165) is 31.0 Å². The van der Waals surface area contributed by atoms with E-state index in [1.807, 2.05) is 29.8 Å². The van der Waals surface area contributed by atoms with E-state index in [1.165, 1.54) is 19.3 Å². The van der Waals surface area contributed by atoms with Crippen LogP contribution in [0.3, 0.4) is 0 Å². The summed E-state index contributed by atoms with van der Waals surface area (Å²) in [5.74, 6) is 0.734. The molecule has 100 valence electrons. The minimum atomic E-state index is 0.162. The van der Waals surface area contributed by atoms with Gasteiger partial charge in [-0.3, -0.25) is 4.79 Å². The van der Waals surface area contributed by atoms with E-state index in [2.05, 4.69) is 12.2 Å². The van der Waals surface area contributed by atoms with Crippen molar-refractivity contribution in [1.29, 1.82) is 0 Å². The minimum absolute atomic E-state index is 0.162. The summed E-state index contributed by atoms with van der Waals surface area (Å²) in [5, 5.41) is 3.57. The van der Waals surface area contributed by atoms with E-state index in [-0.39, 0.29) is 5.56 Å². The number of nitrogens with one attached hydrogen (secondary N) is 1. The third-order valence-electron chi connectivity index (χ3n) is 4.08. The molecular weight excluding hydrogens is 224 g/mol. The van der Waals surface area contributed by atoms with E-state index in [0.29, 0.717) is 6.04 Å².